The molecule has 250 valence electrons. The molecule has 0 aromatic heterocycles. The number of phenols is 2. The monoisotopic (exact) mass is 658 g/mol. The van der Waals surface area contributed by atoms with E-state index in [1.54, 1.807) is 43.5 Å². The summed E-state index contributed by atoms with van der Waals surface area (Å²) in [6.45, 7) is 0. The van der Waals surface area contributed by atoms with Gasteiger partial charge in [-0.2, -0.15) is 0 Å². The van der Waals surface area contributed by atoms with Crippen LogP contribution in [-0.2, 0) is 9.53 Å². The van der Waals surface area contributed by atoms with Gasteiger partial charge in [-0.15, -0.1) is 0 Å². The van der Waals surface area contributed by atoms with Crippen LogP contribution in [0.3, 0.4) is 0 Å². The van der Waals surface area contributed by atoms with Gasteiger partial charge < -0.3 is 48.1 Å². The lowest BCUT2D eigenvalue weighted by molar-refractivity contribution is -0.114. The van der Waals surface area contributed by atoms with E-state index in [2.05, 4.69) is 0 Å². The molecule has 12 nitrogen and oxygen atoms in total. The second-order valence-corrected chi connectivity index (χ2v) is 10.3. The van der Waals surface area contributed by atoms with Crippen LogP contribution in [0, 0.1) is 0 Å². The highest BCUT2D eigenvalue weighted by Crippen LogP contribution is 2.50. The highest BCUT2D eigenvalue weighted by Gasteiger charge is 2.31. The number of fused-ring (bicyclic) bond motifs is 6. The number of methoxy groups -OCH3 is 8. The summed E-state index contributed by atoms with van der Waals surface area (Å²) in [6, 6.07) is 12.2. The number of ether oxygens (including phenoxy) is 8. The normalized spacial score (nSPS) is 12.1. The number of hydrogen-bond donors (Lipinski definition) is 2. The number of aromatic hydroxyl groups is 2. The highest BCUT2D eigenvalue weighted by molar-refractivity contribution is 6.51. The van der Waals surface area contributed by atoms with E-state index >= 15 is 0 Å². The summed E-state index contributed by atoms with van der Waals surface area (Å²) < 4.78 is 42.8. The summed E-state index contributed by atoms with van der Waals surface area (Å²) >= 11 is 0. The first-order chi connectivity index (χ1) is 23.1. The van der Waals surface area contributed by atoms with Gasteiger partial charge in [0.1, 0.15) is 0 Å². The number of benzene rings is 5. The lowest BCUT2D eigenvalue weighted by Gasteiger charge is -2.20. The van der Waals surface area contributed by atoms with E-state index in [4.69, 9.17) is 37.9 Å². The van der Waals surface area contributed by atoms with Crippen LogP contribution < -0.4 is 33.2 Å². The largest absolute Gasteiger partial charge is 0.504 e. The van der Waals surface area contributed by atoms with Gasteiger partial charge in [0, 0.05) is 32.7 Å². The molecule has 1 aliphatic rings. The lowest BCUT2D eigenvalue weighted by Crippen LogP contribution is -2.22. The Morgan fingerprint density at radius 2 is 1.00 bits per heavy atom. The summed E-state index contributed by atoms with van der Waals surface area (Å²) in [5.41, 5.74) is 0.866. The fraction of sp³-hybridized carbons (Fsp3) is 0.222. The first-order valence-electron chi connectivity index (χ1n) is 14.4. The Bertz CT molecular complexity index is 2130. The molecule has 0 amide bonds. The van der Waals surface area contributed by atoms with Crippen LogP contribution in [0.1, 0.15) is 15.9 Å². The zero-order valence-corrected chi connectivity index (χ0v) is 27.6. The van der Waals surface area contributed by atoms with Gasteiger partial charge in [-0.05, 0) is 47.2 Å². The average molecular weight is 659 g/mol. The SMILES string of the molecule is COC1=Cc2c(ccc3cc(OC)c(OC)c(OC)c23)C(=O)C1=O.COc1cc2c(ccc3cc(OC)c(OC)c(OC)c32)c(O)c1O. The zero-order valence-electron chi connectivity index (χ0n) is 27.6. The quantitative estimate of drug-likeness (QED) is 0.113. The third kappa shape index (κ3) is 5.20. The van der Waals surface area contributed by atoms with E-state index in [9.17, 15) is 19.8 Å². The van der Waals surface area contributed by atoms with Crippen molar-refractivity contribution in [2.75, 3.05) is 56.9 Å². The van der Waals surface area contributed by atoms with Gasteiger partial charge in [-0.25, -0.2) is 0 Å². The molecule has 5 aromatic rings. The predicted molar refractivity (Wildman–Crippen MR) is 179 cm³/mol. The third-order valence-electron chi connectivity index (χ3n) is 8.08. The number of Topliss-reactive ketones (excluding diaryl/α,β-unsaturated/α-hetero) is 2. The fourth-order valence-electron chi connectivity index (χ4n) is 5.85. The van der Waals surface area contributed by atoms with Gasteiger partial charge in [0.15, 0.2) is 40.3 Å². The van der Waals surface area contributed by atoms with Crippen LogP contribution in [-0.4, -0.2) is 78.7 Å². The molecule has 0 aliphatic heterocycles. The van der Waals surface area contributed by atoms with Gasteiger partial charge in [0.25, 0.3) is 5.78 Å². The van der Waals surface area contributed by atoms with E-state index in [-0.39, 0.29) is 23.0 Å². The number of phenolic OH excluding ortho intramolecular Hbond substituents is 2. The molecule has 0 unspecified atom stereocenters. The van der Waals surface area contributed by atoms with Crippen molar-refractivity contribution in [2.24, 2.45) is 0 Å². The third-order valence-corrected chi connectivity index (χ3v) is 8.08. The van der Waals surface area contributed by atoms with Crippen molar-refractivity contribution in [1.82, 2.24) is 0 Å². The maximum absolute atomic E-state index is 12.3. The van der Waals surface area contributed by atoms with E-state index in [1.807, 2.05) is 12.1 Å². The first-order valence-corrected chi connectivity index (χ1v) is 14.4. The summed E-state index contributed by atoms with van der Waals surface area (Å²) in [5.74, 6) is 1.17. The standard InChI is InChI=1S/C18H18O6.C18H16O6/c2*1-21-12-8-11-10(15(19)16(12)20)6-5-9-7-13(22-2)17(23-3)18(24-4)14(9)11/h5-8,19-20H,1-4H3;5-8H,1-4H3. The lowest BCUT2D eigenvalue weighted by atomic mass is 9.89. The number of carbonyl (C=O) groups is 2. The molecule has 12 heteroatoms. The molecule has 0 spiro atoms. The molecule has 0 heterocycles. The summed E-state index contributed by atoms with van der Waals surface area (Å²) in [5, 5.41) is 24.5. The zero-order chi connectivity index (χ0) is 34.9. The maximum atomic E-state index is 12.3. The second-order valence-electron chi connectivity index (χ2n) is 10.3. The van der Waals surface area contributed by atoms with E-state index in [0.717, 1.165) is 16.2 Å². The molecular weight excluding hydrogens is 624 g/mol. The van der Waals surface area contributed by atoms with Crippen LogP contribution in [0.4, 0.5) is 0 Å². The predicted octanol–water partition coefficient (Wildman–Crippen LogP) is 6.06. The Labute approximate surface area is 275 Å². The Morgan fingerprint density at radius 3 is 1.52 bits per heavy atom. The topological polar surface area (TPSA) is 148 Å². The molecule has 5 aromatic carbocycles. The molecule has 0 atom stereocenters. The Hall–Kier alpha value is -6.04. The van der Waals surface area contributed by atoms with E-state index in [0.29, 0.717) is 61.8 Å². The molecule has 48 heavy (non-hydrogen) atoms. The number of rotatable bonds is 8. The van der Waals surface area contributed by atoms with Crippen LogP contribution in [0.2, 0.25) is 0 Å². The van der Waals surface area contributed by atoms with Gasteiger partial charge in [-0.3, -0.25) is 9.59 Å². The minimum absolute atomic E-state index is 0.00293. The minimum atomic E-state index is -0.663. The first kappa shape index (κ1) is 33.3. The molecule has 6 rings (SSSR count). The van der Waals surface area contributed by atoms with Crippen LogP contribution in [0.15, 0.2) is 48.2 Å². The van der Waals surface area contributed by atoms with Crippen molar-refractivity contribution >= 4 is 50.0 Å². The van der Waals surface area contributed by atoms with Gasteiger partial charge >= 0.3 is 0 Å². The molecule has 2 N–H and O–H groups in total. The molecule has 1 aliphatic carbocycles. The molecule has 0 saturated heterocycles. The number of allylic oxidation sites excluding steroid dienone is 1. The summed E-state index contributed by atoms with van der Waals surface area (Å²) in [7, 11) is 11.9. The van der Waals surface area contributed by atoms with Gasteiger partial charge in [-0.1, -0.05) is 12.1 Å². The Morgan fingerprint density at radius 1 is 0.479 bits per heavy atom. The fourth-order valence-corrected chi connectivity index (χ4v) is 5.85. The van der Waals surface area contributed by atoms with Crippen molar-refractivity contribution < 1.29 is 57.7 Å². The Kier molecular flexibility index (Phi) is 9.28. The minimum Gasteiger partial charge on any atom is -0.504 e. The summed E-state index contributed by atoms with van der Waals surface area (Å²) in [6.07, 6.45) is 1.55. The van der Waals surface area contributed by atoms with Crippen molar-refractivity contribution in [3.8, 4) is 51.7 Å². The van der Waals surface area contributed by atoms with Crippen LogP contribution in [0.5, 0.6) is 51.7 Å². The van der Waals surface area contributed by atoms with Crippen molar-refractivity contribution in [3.63, 3.8) is 0 Å². The molecule has 0 saturated carbocycles. The highest BCUT2D eigenvalue weighted by atomic mass is 16.5. The maximum Gasteiger partial charge on any atom is 0.267 e. The van der Waals surface area contributed by atoms with E-state index in [1.165, 1.54) is 49.8 Å². The van der Waals surface area contributed by atoms with Crippen LogP contribution >= 0.6 is 0 Å². The number of carbonyl (C=O) groups excluding carboxylic acids is 2. The molecule has 0 fully saturated rings. The van der Waals surface area contributed by atoms with E-state index < -0.39 is 11.6 Å². The summed E-state index contributed by atoms with van der Waals surface area (Å²) in [4.78, 5) is 24.4. The van der Waals surface area contributed by atoms with Crippen LogP contribution in [0.25, 0.3) is 38.4 Å². The molecular formula is C36H34O12. The second kappa shape index (κ2) is 13.4. The van der Waals surface area contributed by atoms with Gasteiger partial charge in [0.2, 0.25) is 23.0 Å². The Balaban J connectivity index is 0.000000188. The van der Waals surface area contributed by atoms with Gasteiger partial charge in [0.05, 0.1) is 56.9 Å². The smallest absolute Gasteiger partial charge is 0.267 e. The number of ketones is 2. The number of hydrogen-bond acceptors (Lipinski definition) is 12. The van der Waals surface area contributed by atoms with Crippen molar-refractivity contribution in [3.05, 3.63) is 59.4 Å². The van der Waals surface area contributed by atoms with Crippen molar-refractivity contribution in [2.45, 2.75) is 0 Å². The molecule has 0 radical (unpaired) electrons. The molecule has 0 bridgehead atoms. The van der Waals surface area contributed by atoms with Crippen molar-refractivity contribution in [1.29, 1.82) is 0 Å². The average Bonchev–Trinajstić information content (AvgIpc) is 3.12.